The van der Waals surface area contributed by atoms with E-state index in [1.807, 2.05) is 0 Å². The van der Waals surface area contributed by atoms with E-state index >= 15 is 0 Å². The topological polar surface area (TPSA) is 109 Å². The van der Waals surface area contributed by atoms with E-state index in [-0.39, 0.29) is 29.3 Å². The first-order valence-electron chi connectivity index (χ1n) is 9.79. The number of rotatable bonds is 6. The number of hydrogen-bond donors (Lipinski definition) is 2. The molecular weight excluding hydrogens is 413 g/mol. The molecule has 4 rings (SSSR count). The van der Waals surface area contributed by atoms with Crippen LogP contribution in [0.25, 0.3) is 0 Å². The lowest BCUT2D eigenvalue weighted by atomic mass is 10.0. The Morgan fingerprint density at radius 3 is 2.43 bits per heavy atom. The van der Waals surface area contributed by atoms with Crippen LogP contribution < -0.4 is 10.0 Å². The van der Waals surface area contributed by atoms with Crippen molar-refractivity contribution in [3.8, 4) is 0 Å². The van der Waals surface area contributed by atoms with Crippen LogP contribution in [0, 0.1) is 5.82 Å². The normalized spacial score (nSPS) is 17.7. The highest BCUT2D eigenvalue weighted by Gasteiger charge is 2.31. The summed E-state index contributed by atoms with van der Waals surface area (Å²) in [5.74, 6) is -1.29. The molecule has 2 amide bonds. The lowest BCUT2D eigenvalue weighted by molar-refractivity contribution is 0.0667. The monoisotopic (exact) mass is 435 g/mol. The third-order valence-electron chi connectivity index (χ3n) is 5.23. The van der Waals surface area contributed by atoms with E-state index in [0.717, 1.165) is 25.0 Å². The smallest absolute Gasteiger partial charge is 0.289 e. The number of nitrogens with one attached hydrogen (secondary N) is 2. The summed E-state index contributed by atoms with van der Waals surface area (Å²) in [7, 11) is -4.01. The molecule has 1 aromatic heterocycles. The molecule has 30 heavy (non-hydrogen) atoms. The average Bonchev–Trinajstić information content (AvgIpc) is 3.35. The molecule has 0 unspecified atom stereocenters. The molecule has 2 N–H and O–H groups in total. The summed E-state index contributed by atoms with van der Waals surface area (Å²) in [4.78, 5) is 26.0. The fraction of sp³-hybridized carbons (Fsp3) is 0.400. The Balaban J connectivity index is 1.37. The number of piperidine rings is 1. The molecule has 2 aromatic rings. The highest BCUT2D eigenvalue weighted by molar-refractivity contribution is 7.89. The first-order valence-corrected chi connectivity index (χ1v) is 11.3. The van der Waals surface area contributed by atoms with Crippen molar-refractivity contribution < 1.29 is 26.8 Å². The van der Waals surface area contributed by atoms with Gasteiger partial charge in [0.15, 0.2) is 5.76 Å². The van der Waals surface area contributed by atoms with Gasteiger partial charge in [-0.15, -0.1) is 0 Å². The third-order valence-corrected chi connectivity index (χ3v) is 6.77. The Hall–Kier alpha value is -2.72. The summed E-state index contributed by atoms with van der Waals surface area (Å²) in [6.07, 6.45) is 3.99. The average molecular weight is 435 g/mol. The first kappa shape index (κ1) is 20.5. The summed E-state index contributed by atoms with van der Waals surface area (Å²) in [5.41, 5.74) is 0.0710. The van der Waals surface area contributed by atoms with Gasteiger partial charge in [-0.25, -0.2) is 17.5 Å². The molecule has 0 bridgehead atoms. The maximum Gasteiger partial charge on any atom is 0.289 e. The molecule has 1 aliphatic heterocycles. The number of nitrogens with zero attached hydrogens (tertiary/aromatic N) is 1. The Morgan fingerprint density at radius 2 is 1.80 bits per heavy atom. The number of benzene rings is 1. The maximum atomic E-state index is 14.1. The minimum absolute atomic E-state index is 0.0710. The third kappa shape index (κ3) is 4.54. The fourth-order valence-corrected chi connectivity index (χ4v) is 4.79. The summed E-state index contributed by atoms with van der Waals surface area (Å²) in [6, 6.07) is 6.22. The van der Waals surface area contributed by atoms with Gasteiger partial charge in [0.1, 0.15) is 10.7 Å². The number of hydrogen-bond acceptors (Lipinski definition) is 5. The van der Waals surface area contributed by atoms with E-state index < -0.39 is 26.6 Å². The second kappa shape index (κ2) is 8.19. The number of halogens is 1. The van der Waals surface area contributed by atoms with Gasteiger partial charge < -0.3 is 14.6 Å². The first-order chi connectivity index (χ1) is 14.3. The molecule has 8 nitrogen and oxygen atoms in total. The highest BCUT2D eigenvalue weighted by Crippen LogP contribution is 2.24. The van der Waals surface area contributed by atoms with E-state index in [9.17, 15) is 22.4 Å². The maximum absolute atomic E-state index is 14.1. The number of carbonyl (C=O) groups excluding carboxylic acids is 2. The standard InChI is InChI=1S/C20H22FN3O5S/c21-16-6-3-13(12-18(16)30(27,28)23-15-4-5-15)19(25)22-14-7-9-24(10-8-14)20(26)17-2-1-11-29-17/h1-3,6,11-12,14-15,23H,4-5,7-10H2,(H,22,25). The van der Waals surface area contributed by atoms with Crippen LogP contribution in [0.4, 0.5) is 4.39 Å². The van der Waals surface area contributed by atoms with Crippen molar-refractivity contribution in [2.24, 2.45) is 0 Å². The summed E-state index contributed by atoms with van der Waals surface area (Å²) in [5, 5.41) is 2.84. The molecule has 160 valence electrons. The van der Waals surface area contributed by atoms with Gasteiger partial charge in [0.2, 0.25) is 10.0 Å². The van der Waals surface area contributed by atoms with Crippen LogP contribution in [0.3, 0.4) is 0 Å². The minimum Gasteiger partial charge on any atom is -0.459 e. The van der Waals surface area contributed by atoms with E-state index in [0.29, 0.717) is 25.9 Å². The number of furan rings is 1. The molecule has 2 fully saturated rings. The van der Waals surface area contributed by atoms with Crippen molar-refractivity contribution in [1.29, 1.82) is 0 Å². The lowest BCUT2D eigenvalue weighted by Gasteiger charge is -2.31. The Morgan fingerprint density at radius 1 is 1.07 bits per heavy atom. The summed E-state index contributed by atoms with van der Waals surface area (Å²) >= 11 is 0. The molecule has 1 aromatic carbocycles. The highest BCUT2D eigenvalue weighted by atomic mass is 32.2. The van der Waals surface area contributed by atoms with Gasteiger partial charge in [0, 0.05) is 30.7 Å². The van der Waals surface area contributed by atoms with Crippen molar-refractivity contribution in [1.82, 2.24) is 14.9 Å². The number of likely N-dealkylation sites (tertiary alicyclic amines) is 1. The van der Waals surface area contributed by atoms with Gasteiger partial charge in [0.25, 0.3) is 11.8 Å². The van der Waals surface area contributed by atoms with Crippen LogP contribution in [-0.2, 0) is 10.0 Å². The Bertz CT molecular complexity index is 1040. The van der Waals surface area contributed by atoms with Gasteiger partial charge in [-0.3, -0.25) is 9.59 Å². The predicted octanol–water partition coefficient (Wildman–Crippen LogP) is 1.89. The molecule has 2 heterocycles. The van der Waals surface area contributed by atoms with Crippen LogP contribution in [0.2, 0.25) is 0 Å². The molecular formula is C20H22FN3O5S. The molecule has 1 saturated carbocycles. The molecule has 0 spiro atoms. The van der Waals surface area contributed by atoms with Crippen LogP contribution >= 0.6 is 0 Å². The van der Waals surface area contributed by atoms with Crippen LogP contribution in [0.15, 0.2) is 45.9 Å². The number of amides is 2. The van der Waals surface area contributed by atoms with E-state index in [2.05, 4.69) is 10.0 Å². The van der Waals surface area contributed by atoms with E-state index in [1.165, 1.54) is 12.3 Å². The summed E-state index contributed by atoms with van der Waals surface area (Å²) < 4.78 is 46.3. The van der Waals surface area contributed by atoms with Crippen molar-refractivity contribution in [3.05, 3.63) is 53.7 Å². The molecule has 1 saturated heterocycles. The zero-order chi connectivity index (χ0) is 21.3. The second-order valence-corrected chi connectivity index (χ2v) is 9.24. The Labute approximate surface area is 173 Å². The molecule has 1 aliphatic carbocycles. The Kier molecular flexibility index (Phi) is 5.61. The van der Waals surface area contributed by atoms with Crippen LogP contribution in [0.1, 0.15) is 46.6 Å². The minimum atomic E-state index is -4.01. The molecule has 0 atom stereocenters. The van der Waals surface area contributed by atoms with Crippen molar-refractivity contribution in [2.45, 2.75) is 42.7 Å². The molecule has 10 heteroatoms. The SMILES string of the molecule is O=C(NC1CCN(C(=O)c2ccco2)CC1)c1ccc(F)c(S(=O)(=O)NC2CC2)c1. The number of carbonyl (C=O) groups is 2. The largest absolute Gasteiger partial charge is 0.459 e. The van der Waals surface area contributed by atoms with Crippen LogP contribution in [-0.4, -0.2) is 50.3 Å². The summed E-state index contributed by atoms with van der Waals surface area (Å²) in [6.45, 7) is 0.914. The lowest BCUT2D eigenvalue weighted by Crippen LogP contribution is -2.46. The van der Waals surface area contributed by atoms with Crippen molar-refractivity contribution in [3.63, 3.8) is 0 Å². The van der Waals surface area contributed by atoms with E-state index in [1.54, 1.807) is 17.0 Å². The van der Waals surface area contributed by atoms with Gasteiger partial charge >= 0.3 is 0 Å². The number of sulfonamides is 1. The second-order valence-electron chi connectivity index (χ2n) is 7.56. The van der Waals surface area contributed by atoms with Gasteiger partial charge in [-0.1, -0.05) is 0 Å². The quantitative estimate of drug-likeness (QED) is 0.720. The molecule has 0 radical (unpaired) electrons. The van der Waals surface area contributed by atoms with Crippen molar-refractivity contribution >= 4 is 21.8 Å². The van der Waals surface area contributed by atoms with E-state index in [4.69, 9.17) is 4.42 Å². The van der Waals surface area contributed by atoms with Gasteiger partial charge in [-0.05, 0) is 56.0 Å². The van der Waals surface area contributed by atoms with Gasteiger partial charge in [0.05, 0.1) is 6.26 Å². The predicted molar refractivity (Wildman–Crippen MR) is 105 cm³/mol. The van der Waals surface area contributed by atoms with Crippen molar-refractivity contribution in [2.75, 3.05) is 13.1 Å². The zero-order valence-electron chi connectivity index (χ0n) is 16.1. The van der Waals surface area contributed by atoms with Crippen LogP contribution in [0.5, 0.6) is 0 Å². The zero-order valence-corrected chi connectivity index (χ0v) is 17.0. The fourth-order valence-electron chi connectivity index (χ4n) is 3.39. The molecule has 2 aliphatic rings. The van der Waals surface area contributed by atoms with Gasteiger partial charge in [-0.2, -0.15) is 0 Å².